The third-order valence-corrected chi connectivity index (χ3v) is 8.00. The number of nitrogens with zero attached hydrogens (tertiary/aromatic N) is 4. The van der Waals surface area contributed by atoms with Crippen LogP contribution in [0.1, 0.15) is 47.1 Å². The highest BCUT2D eigenvalue weighted by Gasteiger charge is 2.33. The van der Waals surface area contributed by atoms with E-state index in [2.05, 4.69) is 10.1 Å². The number of carbonyl (C=O) groups is 1. The van der Waals surface area contributed by atoms with Crippen molar-refractivity contribution >= 4 is 21.6 Å². The lowest BCUT2D eigenvalue weighted by molar-refractivity contribution is 0.0933. The minimum absolute atomic E-state index is 0.0728. The molecule has 2 fully saturated rings. The number of Topliss-reactive ketones (excluding diaryl/α,β-unsaturated/α-hetero) is 1. The summed E-state index contributed by atoms with van der Waals surface area (Å²) >= 11 is 0. The van der Waals surface area contributed by atoms with Gasteiger partial charge in [0, 0.05) is 25.7 Å². The van der Waals surface area contributed by atoms with Gasteiger partial charge in [-0.05, 0) is 39.7 Å². The van der Waals surface area contributed by atoms with Crippen LogP contribution in [0.2, 0.25) is 0 Å². The third kappa shape index (κ3) is 4.02. The summed E-state index contributed by atoms with van der Waals surface area (Å²) in [4.78, 5) is 41.3. The van der Waals surface area contributed by atoms with E-state index in [4.69, 9.17) is 10.3 Å². The van der Waals surface area contributed by atoms with Crippen LogP contribution in [0.25, 0.3) is 0 Å². The van der Waals surface area contributed by atoms with Crippen molar-refractivity contribution in [3.8, 4) is 0 Å². The van der Waals surface area contributed by atoms with Crippen LogP contribution in [0.15, 0.2) is 19.0 Å². The van der Waals surface area contributed by atoms with Gasteiger partial charge in [0.2, 0.25) is 10.0 Å². The van der Waals surface area contributed by atoms with Gasteiger partial charge >= 0.3 is 5.69 Å². The average molecular weight is 467 g/mol. The molecule has 0 amide bonds. The molecule has 2 aromatic rings. The summed E-state index contributed by atoms with van der Waals surface area (Å²) in [6.45, 7) is 4.26. The number of carbonyl (C=O) groups excluding carboxylic acids is 1. The van der Waals surface area contributed by atoms with Gasteiger partial charge in [-0.25, -0.2) is 13.2 Å². The first-order valence-corrected chi connectivity index (χ1v) is 11.9. The zero-order valence-corrected chi connectivity index (χ0v) is 18.8. The van der Waals surface area contributed by atoms with Crippen molar-refractivity contribution in [3.05, 3.63) is 37.9 Å². The van der Waals surface area contributed by atoms with Gasteiger partial charge in [-0.3, -0.25) is 24.0 Å². The lowest BCUT2D eigenvalue weighted by Crippen LogP contribution is -2.40. The number of nitrogens with one attached hydrogen (secondary N) is 1. The molecule has 0 bridgehead atoms. The Labute approximate surface area is 184 Å². The van der Waals surface area contributed by atoms with Crippen LogP contribution in [-0.2, 0) is 10.0 Å². The molecule has 2 aliphatic rings. The standard InChI is InChI=1S/C19H26N6O6S/c1-11-16(12(2)31-22-11)32(29,30)24-7-3-6-23(8-9-24)10-14(26)15-17(20)25(13-4-5-13)19(28)21-18(15)27/h13H,3-10,20H2,1-2H3,(H,21,27,28). The van der Waals surface area contributed by atoms with Gasteiger partial charge in [-0.1, -0.05) is 5.16 Å². The largest absolute Gasteiger partial charge is 0.384 e. The Balaban J connectivity index is 1.50. The zero-order chi connectivity index (χ0) is 23.2. The van der Waals surface area contributed by atoms with E-state index < -0.39 is 27.1 Å². The van der Waals surface area contributed by atoms with Gasteiger partial charge in [0.15, 0.2) is 11.5 Å². The first kappa shape index (κ1) is 22.4. The van der Waals surface area contributed by atoms with Crippen LogP contribution in [0.5, 0.6) is 0 Å². The predicted molar refractivity (Wildman–Crippen MR) is 114 cm³/mol. The molecule has 2 aromatic heterocycles. The van der Waals surface area contributed by atoms with Crippen molar-refractivity contribution in [3.63, 3.8) is 0 Å². The van der Waals surface area contributed by atoms with Crippen molar-refractivity contribution < 1.29 is 17.7 Å². The molecule has 3 heterocycles. The number of hydrogen-bond donors (Lipinski definition) is 2. The summed E-state index contributed by atoms with van der Waals surface area (Å²) in [6, 6.07) is -0.0906. The summed E-state index contributed by atoms with van der Waals surface area (Å²) in [6.07, 6.45) is 2.04. The number of aryl methyl sites for hydroxylation is 2. The number of ketones is 1. The Morgan fingerprint density at radius 1 is 1.19 bits per heavy atom. The van der Waals surface area contributed by atoms with Gasteiger partial charge in [0.25, 0.3) is 5.56 Å². The van der Waals surface area contributed by atoms with E-state index in [1.54, 1.807) is 18.7 Å². The van der Waals surface area contributed by atoms with Crippen molar-refractivity contribution in [1.29, 1.82) is 0 Å². The molecule has 174 valence electrons. The van der Waals surface area contributed by atoms with Crippen LogP contribution in [0.4, 0.5) is 5.82 Å². The normalized spacial score (nSPS) is 18.6. The molecule has 0 spiro atoms. The van der Waals surface area contributed by atoms with Crippen LogP contribution >= 0.6 is 0 Å². The number of anilines is 1. The maximum Gasteiger partial charge on any atom is 0.330 e. The minimum atomic E-state index is -3.78. The van der Waals surface area contributed by atoms with Crippen molar-refractivity contribution in [2.45, 2.75) is 44.0 Å². The number of rotatable bonds is 6. The van der Waals surface area contributed by atoms with Gasteiger partial charge < -0.3 is 10.3 Å². The molecule has 1 saturated carbocycles. The van der Waals surface area contributed by atoms with Gasteiger partial charge in [-0.15, -0.1) is 0 Å². The Bertz CT molecular complexity index is 1250. The summed E-state index contributed by atoms with van der Waals surface area (Å²) in [5.74, 6) is -0.372. The smallest absolute Gasteiger partial charge is 0.330 e. The summed E-state index contributed by atoms with van der Waals surface area (Å²) in [5.41, 5.74) is 4.70. The summed E-state index contributed by atoms with van der Waals surface area (Å²) < 4.78 is 33.8. The van der Waals surface area contributed by atoms with Crippen LogP contribution < -0.4 is 17.0 Å². The van der Waals surface area contributed by atoms with Crippen molar-refractivity contribution in [2.24, 2.45) is 0 Å². The molecule has 1 saturated heterocycles. The van der Waals surface area contributed by atoms with Crippen molar-refractivity contribution in [1.82, 2.24) is 23.9 Å². The average Bonchev–Trinajstić information content (AvgIpc) is 3.49. The Morgan fingerprint density at radius 3 is 2.53 bits per heavy atom. The maximum absolute atomic E-state index is 13.1. The molecule has 3 N–H and O–H groups in total. The predicted octanol–water partition coefficient (Wildman–Crippen LogP) is -0.362. The number of nitrogen functional groups attached to an aromatic ring is 1. The molecule has 0 aromatic carbocycles. The molecular weight excluding hydrogens is 440 g/mol. The molecule has 0 unspecified atom stereocenters. The molecule has 4 rings (SSSR count). The highest BCUT2D eigenvalue weighted by atomic mass is 32.2. The van der Waals surface area contributed by atoms with E-state index >= 15 is 0 Å². The quantitative estimate of drug-likeness (QED) is 0.541. The highest BCUT2D eigenvalue weighted by molar-refractivity contribution is 7.89. The monoisotopic (exact) mass is 466 g/mol. The Kier molecular flexibility index (Phi) is 5.81. The number of nitrogens with two attached hydrogens (primary N) is 1. The fourth-order valence-electron chi connectivity index (χ4n) is 4.13. The number of hydrogen-bond acceptors (Lipinski definition) is 9. The number of sulfonamides is 1. The lowest BCUT2D eigenvalue weighted by Gasteiger charge is -2.21. The van der Waals surface area contributed by atoms with Crippen molar-refractivity contribution in [2.75, 3.05) is 38.5 Å². The Hall–Kier alpha value is -2.77. The van der Waals surface area contributed by atoms with E-state index in [9.17, 15) is 22.8 Å². The summed E-state index contributed by atoms with van der Waals surface area (Å²) in [7, 11) is -3.78. The topological polar surface area (TPSA) is 165 Å². The van der Waals surface area contributed by atoms with E-state index in [1.807, 2.05) is 0 Å². The van der Waals surface area contributed by atoms with Gasteiger partial charge in [-0.2, -0.15) is 4.31 Å². The maximum atomic E-state index is 13.1. The van der Waals surface area contributed by atoms with E-state index in [1.165, 1.54) is 8.87 Å². The SMILES string of the molecule is Cc1noc(C)c1S(=O)(=O)N1CCCN(CC(=O)c2c(N)n(C3CC3)c(=O)[nH]c2=O)CC1. The van der Waals surface area contributed by atoms with E-state index in [0.29, 0.717) is 25.2 Å². The van der Waals surface area contributed by atoms with E-state index in [0.717, 1.165) is 12.8 Å². The molecule has 0 atom stereocenters. The fourth-order valence-corrected chi connectivity index (χ4v) is 5.89. The molecule has 13 heteroatoms. The Morgan fingerprint density at radius 2 is 1.91 bits per heavy atom. The lowest BCUT2D eigenvalue weighted by atomic mass is 10.1. The fraction of sp³-hybridized carbons (Fsp3) is 0.579. The second-order valence-corrected chi connectivity index (χ2v) is 10.1. The molecule has 0 radical (unpaired) electrons. The van der Waals surface area contributed by atoms with Crippen LogP contribution in [0.3, 0.4) is 0 Å². The second-order valence-electron chi connectivity index (χ2n) is 8.23. The summed E-state index contributed by atoms with van der Waals surface area (Å²) in [5, 5.41) is 3.73. The highest BCUT2D eigenvalue weighted by Crippen LogP contribution is 2.35. The zero-order valence-electron chi connectivity index (χ0n) is 18.0. The first-order chi connectivity index (χ1) is 15.1. The van der Waals surface area contributed by atoms with E-state index in [-0.39, 0.29) is 47.7 Å². The molecular formula is C19H26N6O6S. The number of H-pyrrole nitrogens is 1. The third-order valence-electron chi connectivity index (χ3n) is 5.85. The van der Waals surface area contributed by atoms with Crippen LogP contribution in [-0.4, -0.2) is 70.8 Å². The van der Waals surface area contributed by atoms with Gasteiger partial charge in [0.1, 0.15) is 22.0 Å². The number of aromatic amines is 1. The number of aromatic nitrogens is 3. The van der Waals surface area contributed by atoms with Crippen LogP contribution in [0, 0.1) is 13.8 Å². The second kappa shape index (κ2) is 8.30. The molecule has 32 heavy (non-hydrogen) atoms. The molecule has 1 aliphatic heterocycles. The minimum Gasteiger partial charge on any atom is -0.384 e. The molecule has 12 nitrogen and oxygen atoms in total. The molecule has 1 aliphatic carbocycles. The first-order valence-electron chi connectivity index (χ1n) is 10.4. The van der Waals surface area contributed by atoms with Gasteiger partial charge in [0.05, 0.1) is 6.54 Å².